The van der Waals surface area contributed by atoms with Gasteiger partial charge in [0.25, 0.3) is 0 Å². The van der Waals surface area contributed by atoms with E-state index < -0.39 is 0 Å². The summed E-state index contributed by atoms with van der Waals surface area (Å²) in [6.45, 7) is 0.558. The van der Waals surface area contributed by atoms with Gasteiger partial charge in [0.1, 0.15) is 0 Å². The first-order valence-electron chi connectivity index (χ1n) is 13.9. The van der Waals surface area contributed by atoms with Crippen LogP contribution in [0.25, 0.3) is 23.3 Å². The molecule has 3 aromatic carbocycles. The van der Waals surface area contributed by atoms with Gasteiger partial charge in [-0.05, 0) is 77.6 Å². The van der Waals surface area contributed by atoms with Crippen molar-refractivity contribution in [2.24, 2.45) is 5.92 Å². The molecule has 39 heavy (non-hydrogen) atoms. The fraction of sp³-hybridized carbons (Fsp3) is 0.257. The number of hydrogen-bond acceptors (Lipinski definition) is 3. The lowest BCUT2D eigenvalue weighted by atomic mass is 9.88. The number of hydrogen-bond donors (Lipinski definition) is 0. The molecular weight excluding hydrogens is 478 g/mol. The molecule has 4 nitrogen and oxygen atoms in total. The van der Waals surface area contributed by atoms with E-state index in [0.29, 0.717) is 6.54 Å². The highest BCUT2D eigenvalue weighted by molar-refractivity contribution is 5.95. The zero-order chi connectivity index (χ0) is 27.0. The number of carbonyl (C=O) groups is 1. The number of rotatable bonds is 8. The molecule has 4 heteroatoms. The van der Waals surface area contributed by atoms with Crippen molar-refractivity contribution >= 4 is 29.4 Å². The third kappa shape index (κ3) is 6.83. The van der Waals surface area contributed by atoms with E-state index in [9.17, 15) is 4.79 Å². The van der Waals surface area contributed by atoms with Crippen molar-refractivity contribution in [3.63, 3.8) is 0 Å². The lowest BCUT2D eigenvalue weighted by Crippen LogP contribution is -2.36. The molecule has 0 radical (unpaired) electrons. The van der Waals surface area contributed by atoms with Gasteiger partial charge in [-0.25, -0.2) is 0 Å². The van der Waals surface area contributed by atoms with Crippen LogP contribution in [0.15, 0.2) is 97.2 Å². The van der Waals surface area contributed by atoms with E-state index in [2.05, 4.69) is 96.8 Å². The van der Waals surface area contributed by atoms with E-state index in [4.69, 9.17) is 0 Å². The number of nitrogens with zero attached hydrogens (tertiary/aromatic N) is 3. The van der Waals surface area contributed by atoms with Gasteiger partial charge in [-0.1, -0.05) is 79.9 Å². The minimum atomic E-state index is 0.0981. The second-order valence-corrected chi connectivity index (χ2v) is 10.6. The highest BCUT2D eigenvalue weighted by Gasteiger charge is 2.27. The van der Waals surface area contributed by atoms with Gasteiger partial charge in [0.15, 0.2) is 0 Å². The topological polar surface area (TPSA) is 36.4 Å². The molecular formula is C35H37N3O. The van der Waals surface area contributed by atoms with Gasteiger partial charge in [-0.3, -0.25) is 9.78 Å². The molecule has 0 spiro atoms. The Hall–Kier alpha value is -4.18. The van der Waals surface area contributed by atoms with Gasteiger partial charge in [-0.2, -0.15) is 0 Å². The number of amides is 1. The zero-order valence-corrected chi connectivity index (χ0v) is 23.0. The van der Waals surface area contributed by atoms with E-state index in [-0.39, 0.29) is 11.8 Å². The van der Waals surface area contributed by atoms with Crippen LogP contribution in [0, 0.1) is 5.92 Å². The minimum absolute atomic E-state index is 0.0981. The molecule has 0 aliphatic heterocycles. The summed E-state index contributed by atoms with van der Waals surface area (Å²) in [4.78, 5) is 22.3. The van der Waals surface area contributed by atoms with Crippen LogP contribution in [-0.2, 0) is 11.3 Å². The zero-order valence-electron chi connectivity index (χ0n) is 23.0. The van der Waals surface area contributed by atoms with Crippen molar-refractivity contribution < 1.29 is 4.79 Å². The molecule has 1 saturated carbocycles. The van der Waals surface area contributed by atoms with Crippen LogP contribution >= 0.6 is 0 Å². The summed E-state index contributed by atoms with van der Waals surface area (Å²) in [6.07, 6.45) is 11.3. The molecule has 1 aliphatic rings. The fourth-order valence-corrected chi connectivity index (χ4v) is 5.26. The van der Waals surface area contributed by atoms with Crippen molar-refractivity contribution in [1.29, 1.82) is 0 Å². The summed E-state index contributed by atoms with van der Waals surface area (Å²) in [6, 6.07) is 31.4. The Morgan fingerprint density at radius 2 is 1.51 bits per heavy atom. The van der Waals surface area contributed by atoms with Gasteiger partial charge < -0.3 is 9.80 Å². The first-order chi connectivity index (χ1) is 19.1. The van der Waals surface area contributed by atoms with E-state index in [1.54, 1.807) is 6.20 Å². The van der Waals surface area contributed by atoms with Crippen LogP contribution in [0.3, 0.4) is 0 Å². The lowest BCUT2D eigenvalue weighted by molar-refractivity contribution is -0.123. The highest BCUT2D eigenvalue weighted by atomic mass is 16.2. The Balaban J connectivity index is 1.39. The average Bonchev–Trinajstić information content (AvgIpc) is 3.00. The van der Waals surface area contributed by atoms with E-state index in [0.717, 1.165) is 48.2 Å². The summed E-state index contributed by atoms with van der Waals surface area (Å²) in [7, 11) is 4.10. The third-order valence-corrected chi connectivity index (χ3v) is 7.55. The second-order valence-electron chi connectivity index (χ2n) is 10.6. The summed E-state index contributed by atoms with van der Waals surface area (Å²) in [5, 5.41) is 0. The van der Waals surface area contributed by atoms with Gasteiger partial charge >= 0.3 is 0 Å². The SMILES string of the molecule is CN(C)c1ccc(-c2ccc(CN(C(=O)C3CCCCC3)c3cccc(/C=C/c4ccccn4)c3)cc2)cc1. The van der Waals surface area contributed by atoms with Gasteiger partial charge in [0, 0.05) is 37.6 Å². The van der Waals surface area contributed by atoms with Crippen LogP contribution < -0.4 is 9.80 Å². The van der Waals surface area contributed by atoms with Crippen molar-refractivity contribution in [2.45, 2.75) is 38.6 Å². The fourth-order valence-electron chi connectivity index (χ4n) is 5.26. The van der Waals surface area contributed by atoms with Gasteiger partial charge in [0.2, 0.25) is 5.91 Å². The van der Waals surface area contributed by atoms with Crippen molar-refractivity contribution in [3.05, 3.63) is 114 Å². The van der Waals surface area contributed by atoms with E-state index in [1.165, 1.54) is 23.2 Å². The quantitative estimate of drug-likeness (QED) is 0.238. The number of pyridine rings is 1. The van der Waals surface area contributed by atoms with Crippen LogP contribution in [0.4, 0.5) is 11.4 Å². The Morgan fingerprint density at radius 1 is 0.795 bits per heavy atom. The molecule has 1 amide bonds. The minimum Gasteiger partial charge on any atom is -0.378 e. The Bertz CT molecular complexity index is 1390. The van der Waals surface area contributed by atoms with E-state index in [1.807, 2.05) is 35.2 Å². The maximum Gasteiger partial charge on any atom is 0.230 e. The summed E-state index contributed by atoms with van der Waals surface area (Å²) in [5.41, 5.74) is 7.58. The lowest BCUT2D eigenvalue weighted by Gasteiger charge is -2.30. The molecule has 5 rings (SSSR count). The summed E-state index contributed by atoms with van der Waals surface area (Å²) < 4.78 is 0. The molecule has 0 N–H and O–H groups in total. The number of anilines is 2. The number of benzene rings is 3. The molecule has 198 valence electrons. The molecule has 1 heterocycles. The maximum atomic E-state index is 13.9. The number of carbonyl (C=O) groups excluding carboxylic acids is 1. The third-order valence-electron chi connectivity index (χ3n) is 7.55. The normalized spacial score (nSPS) is 13.9. The largest absolute Gasteiger partial charge is 0.378 e. The number of aromatic nitrogens is 1. The van der Waals surface area contributed by atoms with Crippen molar-refractivity contribution in [1.82, 2.24) is 4.98 Å². The first kappa shape index (κ1) is 26.4. The molecule has 1 aliphatic carbocycles. The second kappa shape index (κ2) is 12.6. The molecule has 4 aromatic rings. The monoisotopic (exact) mass is 515 g/mol. The standard InChI is InChI=1S/C35H37N3O/c1-37(2)33-22-19-30(20-23-33)29-17-14-28(15-18-29)26-38(35(39)31-10-4-3-5-11-31)34-13-8-9-27(25-34)16-21-32-12-6-7-24-36-32/h6-9,12-25,31H,3-5,10-11,26H2,1-2H3/b21-16+. The Kier molecular flexibility index (Phi) is 8.52. The molecule has 0 bridgehead atoms. The van der Waals surface area contributed by atoms with Gasteiger partial charge in [-0.15, -0.1) is 0 Å². The first-order valence-corrected chi connectivity index (χ1v) is 13.9. The molecule has 0 atom stereocenters. The summed E-state index contributed by atoms with van der Waals surface area (Å²) in [5.74, 6) is 0.338. The Morgan fingerprint density at radius 3 is 2.18 bits per heavy atom. The predicted octanol–water partition coefficient (Wildman–Crippen LogP) is 8.10. The molecule has 1 fully saturated rings. The smallest absolute Gasteiger partial charge is 0.230 e. The predicted molar refractivity (Wildman–Crippen MR) is 164 cm³/mol. The maximum absolute atomic E-state index is 13.9. The van der Waals surface area contributed by atoms with Crippen LogP contribution in [0.5, 0.6) is 0 Å². The van der Waals surface area contributed by atoms with Crippen molar-refractivity contribution in [3.8, 4) is 11.1 Å². The molecule has 0 unspecified atom stereocenters. The average molecular weight is 516 g/mol. The van der Waals surface area contributed by atoms with Gasteiger partial charge in [0.05, 0.1) is 12.2 Å². The molecule has 1 aromatic heterocycles. The van der Waals surface area contributed by atoms with E-state index >= 15 is 0 Å². The van der Waals surface area contributed by atoms with Crippen LogP contribution in [-0.4, -0.2) is 25.0 Å². The molecule has 0 saturated heterocycles. The highest BCUT2D eigenvalue weighted by Crippen LogP contribution is 2.30. The Labute approximate surface area is 232 Å². The van der Waals surface area contributed by atoms with Crippen LogP contribution in [0.1, 0.15) is 48.9 Å². The summed E-state index contributed by atoms with van der Waals surface area (Å²) >= 11 is 0. The van der Waals surface area contributed by atoms with Crippen molar-refractivity contribution in [2.75, 3.05) is 23.9 Å². The van der Waals surface area contributed by atoms with Crippen LogP contribution in [0.2, 0.25) is 0 Å².